The number of thiophene rings is 1. The van der Waals surface area contributed by atoms with Crippen LogP contribution in [-0.2, 0) is 5.28 Å². The molecule has 60 valence electrons. The minimum absolute atomic E-state index is 0.205. The number of rotatable bonds is 4. The number of hydrogen-bond acceptors (Lipinski definition) is 1. The first kappa shape index (κ1) is 9.32. The van der Waals surface area contributed by atoms with Crippen LogP contribution in [0.15, 0.2) is 17.5 Å². The summed E-state index contributed by atoms with van der Waals surface area (Å²) in [5.74, 6) is 0.918. The van der Waals surface area contributed by atoms with Crippen molar-refractivity contribution < 1.29 is 0 Å². The van der Waals surface area contributed by atoms with E-state index in [2.05, 4.69) is 31.4 Å². The van der Waals surface area contributed by atoms with Gasteiger partial charge in [0.15, 0.2) is 0 Å². The molecular weight excluding hydrogens is 167 g/mol. The molecule has 1 aromatic heterocycles. The summed E-state index contributed by atoms with van der Waals surface area (Å²) in [4.78, 5) is 1.59. The van der Waals surface area contributed by atoms with Gasteiger partial charge in [0.05, 0.1) is 0 Å². The Balaban J connectivity index is 2.14. The van der Waals surface area contributed by atoms with Gasteiger partial charge in [0.1, 0.15) is 0 Å². The number of hydrogen-bond donors (Lipinski definition) is 0. The lowest BCUT2D eigenvalue weighted by molar-refractivity contribution is 0.729. The van der Waals surface area contributed by atoms with Crippen LogP contribution >= 0.6 is 11.3 Å². The van der Waals surface area contributed by atoms with Crippen LogP contribution in [0.1, 0.15) is 18.7 Å². The first-order chi connectivity index (χ1) is 5.29. The highest BCUT2D eigenvalue weighted by Gasteiger charge is 1.99. The van der Waals surface area contributed by atoms with E-state index >= 15 is 0 Å². The Bertz CT molecular complexity index is 179. The van der Waals surface area contributed by atoms with Gasteiger partial charge < -0.3 is 0 Å². The Morgan fingerprint density at radius 3 is 2.91 bits per heavy atom. The second-order valence-corrected chi connectivity index (χ2v) is 6.18. The normalized spacial score (nSPS) is 10.5. The van der Waals surface area contributed by atoms with Gasteiger partial charge in [-0.2, -0.15) is 11.3 Å². The highest BCUT2D eigenvalue weighted by molar-refractivity contribution is 7.10. The van der Waals surface area contributed by atoms with Gasteiger partial charge in [0.25, 0.3) is 0 Å². The minimum atomic E-state index is 0.205. The maximum Gasteiger partial charge on any atom is 0.244 e. The van der Waals surface area contributed by atoms with Crippen LogP contribution in [0.3, 0.4) is 0 Å². The molecule has 0 nitrogen and oxygen atoms in total. The highest BCUT2D eigenvalue weighted by atomic mass is 32.1. The lowest BCUT2D eigenvalue weighted by Gasteiger charge is -1.99. The zero-order valence-electron chi connectivity index (χ0n) is 7.34. The predicted molar refractivity (Wildman–Crippen MR) is 54.8 cm³/mol. The predicted octanol–water partition coefficient (Wildman–Crippen LogP) is 2.76. The van der Waals surface area contributed by atoms with E-state index in [0.717, 1.165) is 5.92 Å². The molecule has 1 heterocycles. The van der Waals surface area contributed by atoms with Gasteiger partial charge in [-0.1, -0.05) is 36.4 Å². The Morgan fingerprint density at radius 1 is 1.55 bits per heavy atom. The van der Waals surface area contributed by atoms with Gasteiger partial charge in [-0.15, -0.1) is 0 Å². The Labute approximate surface area is 79.4 Å². The first-order valence-corrected chi connectivity index (χ1v) is 7.19. The molecule has 0 bridgehead atoms. The van der Waals surface area contributed by atoms with Gasteiger partial charge in [-0.05, 0) is 16.3 Å². The molecule has 0 atom stereocenters. The molecule has 0 aliphatic carbocycles. The van der Waals surface area contributed by atoms with Crippen molar-refractivity contribution >= 4 is 26.6 Å². The van der Waals surface area contributed by atoms with Gasteiger partial charge in [-0.3, -0.25) is 0 Å². The van der Waals surface area contributed by atoms with E-state index in [-0.39, 0.29) is 15.2 Å². The summed E-state index contributed by atoms with van der Waals surface area (Å²) in [5.41, 5.74) is 0. The monoisotopic (exact) mass is 182 g/mol. The molecule has 0 aliphatic rings. The molecule has 0 aromatic carbocycles. The molecule has 0 N–H and O–H groups in total. The standard InChI is InChI=1S/C5H5S.C4H9.Al.H/c1-5-3-2-4-6-5;1-4(2)3;;/h2-4H,1H2;4H,1H2,2-3H3;;. The molecular formula is C9H15AlS. The summed E-state index contributed by atoms with van der Waals surface area (Å²) in [6.07, 6.45) is 0. The molecule has 0 aliphatic heterocycles. The molecule has 0 fully saturated rings. The van der Waals surface area contributed by atoms with Crippen molar-refractivity contribution in [2.24, 2.45) is 5.92 Å². The summed E-state index contributed by atoms with van der Waals surface area (Å²) >= 11 is 2.11. The highest BCUT2D eigenvalue weighted by Crippen LogP contribution is 2.10. The first-order valence-electron chi connectivity index (χ1n) is 4.31. The van der Waals surface area contributed by atoms with Crippen LogP contribution in [-0.4, -0.2) is 15.2 Å². The second-order valence-electron chi connectivity index (χ2n) is 3.37. The largest absolute Gasteiger partial charge is 0.244 e. The molecule has 1 aromatic rings. The van der Waals surface area contributed by atoms with Gasteiger partial charge in [-0.25, -0.2) is 0 Å². The van der Waals surface area contributed by atoms with Crippen LogP contribution in [0.25, 0.3) is 0 Å². The zero-order valence-corrected chi connectivity index (χ0v) is 9.57. The third-order valence-corrected chi connectivity index (χ3v) is 5.54. The van der Waals surface area contributed by atoms with Gasteiger partial charge >= 0.3 is 0 Å². The molecule has 0 radical (unpaired) electrons. The molecule has 0 unspecified atom stereocenters. The summed E-state index contributed by atoms with van der Waals surface area (Å²) in [6, 6.07) is 4.42. The maximum absolute atomic E-state index is 2.32. The quantitative estimate of drug-likeness (QED) is 0.628. The third-order valence-electron chi connectivity index (χ3n) is 1.78. The molecule has 11 heavy (non-hydrogen) atoms. The Kier molecular flexibility index (Phi) is 4.22. The van der Waals surface area contributed by atoms with E-state index in [9.17, 15) is 0 Å². The van der Waals surface area contributed by atoms with Crippen molar-refractivity contribution in [2.75, 3.05) is 0 Å². The van der Waals surface area contributed by atoms with Crippen molar-refractivity contribution in [3.8, 4) is 0 Å². The van der Waals surface area contributed by atoms with Crippen LogP contribution in [0, 0.1) is 5.92 Å². The van der Waals surface area contributed by atoms with Crippen molar-refractivity contribution in [1.82, 2.24) is 0 Å². The van der Waals surface area contributed by atoms with E-state index in [4.69, 9.17) is 0 Å². The van der Waals surface area contributed by atoms with Crippen LogP contribution in [0.2, 0.25) is 5.28 Å². The van der Waals surface area contributed by atoms with Crippen LogP contribution in [0.4, 0.5) is 0 Å². The van der Waals surface area contributed by atoms with Crippen molar-refractivity contribution in [3.63, 3.8) is 0 Å². The molecule has 1 rings (SSSR count). The second kappa shape index (κ2) is 4.98. The minimum Gasteiger partial charge on any atom is -0.150 e. The molecule has 0 saturated heterocycles. The van der Waals surface area contributed by atoms with Gasteiger partial charge in [0, 0.05) is 0 Å². The fraction of sp³-hybridized carbons (Fsp3) is 0.556. The summed E-state index contributed by atoms with van der Waals surface area (Å²) in [5, 5.41) is 5.09. The zero-order chi connectivity index (χ0) is 8.10. The maximum atomic E-state index is 2.32. The third kappa shape index (κ3) is 3.96. The van der Waals surface area contributed by atoms with E-state index < -0.39 is 0 Å². The molecule has 0 saturated carbocycles. The van der Waals surface area contributed by atoms with Crippen LogP contribution < -0.4 is 0 Å². The fourth-order valence-electron chi connectivity index (χ4n) is 1.14. The SMILES string of the molecule is CC(C)[CH2][AlH][CH2]c1cccs1. The Hall–Kier alpha value is 0.232. The van der Waals surface area contributed by atoms with Crippen LogP contribution in [0.5, 0.6) is 0 Å². The average molecular weight is 182 g/mol. The van der Waals surface area contributed by atoms with Crippen molar-refractivity contribution in [2.45, 2.75) is 24.4 Å². The van der Waals surface area contributed by atoms with Crippen molar-refractivity contribution in [1.29, 1.82) is 0 Å². The fourth-order valence-corrected chi connectivity index (χ4v) is 4.07. The molecule has 0 amide bonds. The Morgan fingerprint density at radius 2 is 2.36 bits per heavy atom. The lowest BCUT2D eigenvalue weighted by Crippen LogP contribution is -1.98. The van der Waals surface area contributed by atoms with Gasteiger partial charge in [0.2, 0.25) is 15.2 Å². The summed E-state index contributed by atoms with van der Waals surface area (Å²) in [6.45, 7) is 4.64. The van der Waals surface area contributed by atoms with E-state index in [1.807, 2.05) is 11.3 Å². The lowest BCUT2D eigenvalue weighted by atomic mass is 10.3. The average Bonchev–Trinajstić information content (AvgIpc) is 2.39. The summed E-state index contributed by atoms with van der Waals surface area (Å²) in [7, 11) is 0. The van der Waals surface area contributed by atoms with Crippen molar-refractivity contribution in [3.05, 3.63) is 22.4 Å². The van der Waals surface area contributed by atoms with E-state index in [1.165, 1.54) is 10.6 Å². The van der Waals surface area contributed by atoms with E-state index in [0.29, 0.717) is 0 Å². The van der Waals surface area contributed by atoms with E-state index in [1.54, 1.807) is 4.88 Å². The molecule has 0 spiro atoms. The summed E-state index contributed by atoms with van der Waals surface area (Å²) < 4.78 is 0. The topological polar surface area (TPSA) is 0 Å². The smallest absolute Gasteiger partial charge is 0.150 e. The molecule has 2 heteroatoms.